The van der Waals surface area contributed by atoms with Crippen LogP contribution in [-0.2, 0) is 11.3 Å². The molecule has 0 unspecified atom stereocenters. The Balaban J connectivity index is 1.74. The van der Waals surface area contributed by atoms with E-state index in [2.05, 4.69) is 17.4 Å². The van der Waals surface area contributed by atoms with Gasteiger partial charge >= 0.3 is 0 Å². The van der Waals surface area contributed by atoms with E-state index in [0.29, 0.717) is 12.1 Å². The molecule has 0 spiro atoms. The van der Waals surface area contributed by atoms with Crippen molar-refractivity contribution in [2.45, 2.75) is 44.4 Å². The van der Waals surface area contributed by atoms with Crippen molar-refractivity contribution in [2.24, 2.45) is 0 Å². The first-order valence-electron chi connectivity index (χ1n) is 6.71. The average molecular weight is 249 g/mol. The lowest BCUT2D eigenvalue weighted by Gasteiger charge is -2.28. The summed E-state index contributed by atoms with van der Waals surface area (Å²) in [4.78, 5) is 0. The molecular weight excluding hydrogens is 226 g/mol. The fourth-order valence-electron chi connectivity index (χ4n) is 2.51. The van der Waals surface area contributed by atoms with Crippen LogP contribution in [0.15, 0.2) is 24.3 Å². The van der Waals surface area contributed by atoms with Gasteiger partial charge in [0.05, 0.1) is 13.2 Å². The molecular formula is C15H23NO2. The van der Waals surface area contributed by atoms with Crippen LogP contribution in [0, 0.1) is 0 Å². The van der Waals surface area contributed by atoms with E-state index in [9.17, 15) is 0 Å². The second-order valence-electron chi connectivity index (χ2n) is 4.94. The van der Waals surface area contributed by atoms with Crippen LogP contribution in [0.25, 0.3) is 0 Å². The third-order valence-corrected chi connectivity index (χ3v) is 3.76. The first kappa shape index (κ1) is 13.4. The Hall–Kier alpha value is -1.06. The number of methoxy groups -OCH3 is 2. The second-order valence-corrected chi connectivity index (χ2v) is 4.94. The van der Waals surface area contributed by atoms with Gasteiger partial charge < -0.3 is 14.8 Å². The smallest absolute Gasteiger partial charge is 0.118 e. The summed E-state index contributed by atoms with van der Waals surface area (Å²) in [6.07, 6.45) is 5.26. The molecule has 1 aromatic carbocycles. The molecule has 0 aliphatic heterocycles. The van der Waals surface area contributed by atoms with Crippen LogP contribution in [0.5, 0.6) is 5.75 Å². The first-order chi connectivity index (χ1) is 8.81. The molecule has 3 nitrogen and oxygen atoms in total. The molecule has 0 heterocycles. The van der Waals surface area contributed by atoms with Gasteiger partial charge in [-0.25, -0.2) is 0 Å². The van der Waals surface area contributed by atoms with Gasteiger partial charge in [0.15, 0.2) is 0 Å². The summed E-state index contributed by atoms with van der Waals surface area (Å²) in [6.45, 7) is 0.937. The quantitative estimate of drug-likeness (QED) is 0.870. The highest BCUT2D eigenvalue weighted by Gasteiger charge is 2.19. The molecule has 1 fully saturated rings. The summed E-state index contributed by atoms with van der Waals surface area (Å²) >= 11 is 0. The normalized spacial score (nSPS) is 23.9. The zero-order valence-corrected chi connectivity index (χ0v) is 11.3. The number of nitrogens with one attached hydrogen (secondary N) is 1. The fourth-order valence-corrected chi connectivity index (χ4v) is 2.51. The molecule has 1 aromatic rings. The van der Waals surface area contributed by atoms with Crippen molar-refractivity contribution in [1.82, 2.24) is 5.32 Å². The SMILES string of the molecule is COc1ccc(CNC2CCC(OC)CC2)cc1. The molecule has 0 saturated heterocycles. The van der Waals surface area contributed by atoms with E-state index in [1.165, 1.54) is 31.2 Å². The number of hydrogen-bond donors (Lipinski definition) is 1. The molecule has 3 heteroatoms. The van der Waals surface area contributed by atoms with Crippen LogP contribution in [0.3, 0.4) is 0 Å². The van der Waals surface area contributed by atoms with Gasteiger partial charge in [0, 0.05) is 19.7 Å². The van der Waals surface area contributed by atoms with Crippen molar-refractivity contribution in [3.05, 3.63) is 29.8 Å². The Morgan fingerprint density at radius 3 is 2.28 bits per heavy atom. The zero-order valence-electron chi connectivity index (χ0n) is 11.3. The fraction of sp³-hybridized carbons (Fsp3) is 0.600. The minimum Gasteiger partial charge on any atom is -0.497 e. The molecule has 100 valence electrons. The molecule has 0 amide bonds. The molecule has 2 rings (SSSR count). The van der Waals surface area contributed by atoms with E-state index in [0.717, 1.165) is 12.3 Å². The van der Waals surface area contributed by atoms with Gasteiger partial charge in [-0.05, 0) is 43.4 Å². The molecule has 0 bridgehead atoms. The van der Waals surface area contributed by atoms with Crippen molar-refractivity contribution in [2.75, 3.05) is 14.2 Å². The van der Waals surface area contributed by atoms with Crippen LogP contribution in [0.4, 0.5) is 0 Å². The molecule has 18 heavy (non-hydrogen) atoms. The van der Waals surface area contributed by atoms with E-state index in [1.54, 1.807) is 7.11 Å². The van der Waals surface area contributed by atoms with E-state index < -0.39 is 0 Å². The van der Waals surface area contributed by atoms with Crippen LogP contribution >= 0.6 is 0 Å². The number of ether oxygens (including phenoxy) is 2. The van der Waals surface area contributed by atoms with Gasteiger partial charge in [0.2, 0.25) is 0 Å². The van der Waals surface area contributed by atoms with Crippen LogP contribution in [0.1, 0.15) is 31.2 Å². The van der Waals surface area contributed by atoms with Crippen molar-refractivity contribution in [3.63, 3.8) is 0 Å². The Morgan fingerprint density at radius 1 is 1.06 bits per heavy atom. The summed E-state index contributed by atoms with van der Waals surface area (Å²) in [6, 6.07) is 8.90. The predicted molar refractivity (Wildman–Crippen MR) is 72.9 cm³/mol. The Bertz CT molecular complexity index is 342. The number of rotatable bonds is 5. The second kappa shape index (κ2) is 6.76. The maximum Gasteiger partial charge on any atom is 0.118 e. The standard InChI is InChI=1S/C15H23NO2/c1-17-14-7-3-12(4-8-14)11-16-13-5-9-15(18-2)10-6-13/h3-4,7-8,13,15-16H,5-6,9-11H2,1-2H3. The van der Waals surface area contributed by atoms with Crippen molar-refractivity contribution in [3.8, 4) is 5.75 Å². The Morgan fingerprint density at radius 2 is 1.72 bits per heavy atom. The highest BCUT2D eigenvalue weighted by molar-refractivity contribution is 5.27. The van der Waals surface area contributed by atoms with E-state index in [1.807, 2.05) is 19.2 Å². The molecule has 1 aliphatic rings. The largest absolute Gasteiger partial charge is 0.497 e. The van der Waals surface area contributed by atoms with Crippen molar-refractivity contribution in [1.29, 1.82) is 0 Å². The first-order valence-corrected chi connectivity index (χ1v) is 6.71. The lowest BCUT2D eigenvalue weighted by molar-refractivity contribution is 0.0624. The third kappa shape index (κ3) is 3.72. The van der Waals surface area contributed by atoms with Gasteiger partial charge in [-0.3, -0.25) is 0 Å². The van der Waals surface area contributed by atoms with Gasteiger partial charge in [-0.1, -0.05) is 12.1 Å². The molecule has 1 saturated carbocycles. The van der Waals surface area contributed by atoms with Crippen LogP contribution in [0.2, 0.25) is 0 Å². The topological polar surface area (TPSA) is 30.5 Å². The lowest BCUT2D eigenvalue weighted by Crippen LogP contribution is -2.34. The maximum absolute atomic E-state index is 5.39. The van der Waals surface area contributed by atoms with Gasteiger partial charge in [-0.15, -0.1) is 0 Å². The van der Waals surface area contributed by atoms with Gasteiger partial charge in [0.25, 0.3) is 0 Å². The highest BCUT2D eigenvalue weighted by atomic mass is 16.5. The Labute approximate surface area is 109 Å². The zero-order chi connectivity index (χ0) is 12.8. The number of hydrogen-bond acceptors (Lipinski definition) is 3. The minimum atomic E-state index is 0.476. The molecule has 0 aromatic heterocycles. The third-order valence-electron chi connectivity index (χ3n) is 3.76. The summed E-state index contributed by atoms with van der Waals surface area (Å²) in [5.41, 5.74) is 1.31. The summed E-state index contributed by atoms with van der Waals surface area (Å²) in [7, 11) is 3.51. The predicted octanol–water partition coefficient (Wildman–Crippen LogP) is 2.74. The van der Waals surface area contributed by atoms with Gasteiger partial charge in [0.1, 0.15) is 5.75 Å². The van der Waals surface area contributed by atoms with Crippen LogP contribution in [-0.4, -0.2) is 26.4 Å². The highest BCUT2D eigenvalue weighted by Crippen LogP contribution is 2.21. The summed E-state index contributed by atoms with van der Waals surface area (Å²) in [5.74, 6) is 0.916. The van der Waals surface area contributed by atoms with E-state index >= 15 is 0 Å². The van der Waals surface area contributed by atoms with Crippen molar-refractivity contribution < 1.29 is 9.47 Å². The van der Waals surface area contributed by atoms with Gasteiger partial charge in [-0.2, -0.15) is 0 Å². The van der Waals surface area contributed by atoms with Crippen molar-refractivity contribution >= 4 is 0 Å². The molecule has 1 aliphatic carbocycles. The summed E-state index contributed by atoms with van der Waals surface area (Å²) in [5, 5.41) is 3.62. The van der Waals surface area contributed by atoms with Crippen LogP contribution < -0.4 is 10.1 Å². The minimum absolute atomic E-state index is 0.476. The monoisotopic (exact) mass is 249 g/mol. The summed E-state index contributed by atoms with van der Waals surface area (Å²) < 4.78 is 10.5. The average Bonchev–Trinajstić information content (AvgIpc) is 2.46. The van der Waals surface area contributed by atoms with E-state index in [-0.39, 0.29) is 0 Å². The number of benzene rings is 1. The molecule has 0 radical (unpaired) electrons. The Kier molecular flexibility index (Phi) is 5.02. The lowest BCUT2D eigenvalue weighted by atomic mass is 9.93. The van der Waals surface area contributed by atoms with E-state index in [4.69, 9.17) is 9.47 Å². The maximum atomic E-state index is 5.39. The molecule has 0 atom stereocenters. The molecule has 1 N–H and O–H groups in total.